The van der Waals surface area contributed by atoms with E-state index >= 15 is 0 Å². The highest BCUT2D eigenvalue weighted by Gasteiger charge is 2.54. The molecule has 3 N–H and O–H groups in total. The first-order valence-corrected chi connectivity index (χ1v) is 5.57. The van der Waals surface area contributed by atoms with Crippen molar-refractivity contribution in [3.8, 4) is 0 Å². The van der Waals surface area contributed by atoms with Crippen molar-refractivity contribution in [3.05, 3.63) is 23.9 Å². The summed E-state index contributed by atoms with van der Waals surface area (Å²) in [6.45, 7) is 0. The van der Waals surface area contributed by atoms with Gasteiger partial charge in [0.25, 0.3) is 0 Å². The van der Waals surface area contributed by atoms with Crippen molar-refractivity contribution >= 4 is 17.8 Å². The smallest absolute Gasteiger partial charge is 0.304 e. The first kappa shape index (κ1) is 12.3. The number of hydrogen-bond donors (Lipinski definition) is 3. The van der Waals surface area contributed by atoms with E-state index in [0.717, 1.165) is 0 Å². The van der Waals surface area contributed by atoms with Crippen LogP contribution in [0.25, 0.3) is 0 Å². The van der Waals surface area contributed by atoms with Gasteiger partial charge in [-0.05, 0) is 12.5 Å². The molecule has 1 unspecified atom stereocenters. The van der Waals surface area contributed by atoms with E-state index in [9.17, 15) is 14.4 Å². The van der Waals surface area contributed by atoms with Crippen LogP contribution in [0.1, 0.15) is 19.3 Å². The summed E-state index contributed by atoms with van der Waals surface area (Å²) < 4.78 is 0. The summed E-state index contributed by atoms with van der Waals surface area (Å²) >= 11 is 0. The second kappa shape index (κ2) is 4.29. The first-order valence-electron chi connectivity index (χ1n) is 5.57. The molecule has 0 aromatic heterocycles. The van der Waals surface area contributed by atoms with Crippen molar-refractivity contribution in [2.45, 2.75) is 19.3 Å². The molecule has 0 aromatic carbocycles. The minimum atomic E-state index is -1.38. The van der Waals surface area contributed by atoms with E-state index in [2.05, 4.69) is 5.32 Å². The number of carbonyl (C=O) groups is 3. The van der Waals surface area contributed by atoms with E-state index < -0.39 is 36.1 Å². The Bertz CT molecular complexity index is 461. The van der Waals surface area contributed by atoms with Crippen molar-refractivity contribution in [2.24, 2.45) is 11.3 Å². The van der Waals surface area contributed by atoms with Crippen molar-refractivity contribution in [3.63, 3.8) is 0 Å². The average molecular weight is 251 g/mol. The molecule has 0 saturated carbocycles. The number of hydrogen-bond acceptors (Lipinski definition) is 3. The number of fused-ring (bicyclic) bond motifs is 1. The number of carboxylic acids is 2. The molecule has 2 aliphatic rings. The van der Waals surface area contributed by atoms with E-state index in [-0.39, 0.29) is 5.92 Å². The predicted molar refractivity (Wildman–Crippen MR) is 60.4 cm³/mol. The molecule has 6 nitrogen and oxygen atoms in total. The van der Waals surface area contributed by atoms with Gasteiger partial charge in [-0.2, -0.15) is 0 Å². The quantitative estimate of drug-likeness (QED) is 0.675. The lowest BCUT2D eigenvalue weighted by atomic mass is 9.69. The van der Waals surface area contributed by atoms with Crippen LogP contribution in [0.4, 0.5) is 0 Å². The molecule has 18 heavy (non-hydrogen) atoms. The van der Waals surface area contributed by atoms with Crippen LogP contribution in [-0.2, 0) is 14.4 Å². The Morgan fingerprint density at radius 2 is 1.94 bits per heavy atom. The van der Waals surface area contributed by atoms with Crippen LogP contribution in [0, 0.1) is 11.3 Å². The third kappa shape index (κ3) is 1.90. The van der Waals surface area contributed by atoms with Crippen molar-refractivity contribution < 1.29 is 24.6 Å². The second-order valence-corrected chi connectivity index (χ2v) is 4.59. The SMILES string of the molecule is O=C(O)CC1(CC(=O)O)C(=O)NC2=CC=CCC21. The van der Waals surface area contributed by atoms with Crippen LogP contribution < -0.4 is 5.32 Å². The fourth-order valence-corrected chi connectivity index (χ4v) is 2.70. The van der Waals surface area contributed by atoms with Crippen LogP contribution in [-0.4, -0.2) is 28.1 Å². The number of amides is 1. The van der Waals surface area contributed by atoms with E-state index in [0.29, 0.717) is 12.1 Å². The predicted octanol–water partition coefficient (Wildman–Crippen LogP) is 0.512. The maximum Gasteiger partial charge on any atom is 0.304 e. The van der Waals surface area contributed by atoms with Crippen molar-refractivity contribution in [1.82, 2.24) is 5.32 Å². The topological polar surface area (TPSA) is 104 Å². The lowest BCUT2D eigenvalue weighted by Crippen LogP contribution is -2.39. The number of nitrogens with one attached hydrogen (secondary N) is 1. The minimum Gasteiger partial charge on any atom is -0.481 e. The third-order valence-corrected chi connectivity index (χ3v) is 3.47. The van der Waals surface area contributed by atoms with Gasteiger partial charge in [-0.1, -0.05) is 12.2 Å². The highest BCUT2D eigenvalue weighted by atomic mass is 16.4. The molecule has 1 atom stereocenters. The fraction of sp³-hybridized carbons (Fsp3) is 0.417. The summed E-state index contributed by atoms with van der Waals surface area (Å²) in [7, 11) is 0. The Morgan fingerprint density at radius 1 is 1.33 bits per heavy atom. The van der Waals surface area contributed by atoms with Gasteiger partial charge in [-0.15, -0.1) is 0 Å². The zero-order valence-electron chi connectivity index (χ0n) is 9.55. The molecule has 1 amide bonds. The average Bonchev–Trinajstić information content (AvgIpc) is 2.51. The Morgan fingerprint density at radius 3 is 2.50 bits per heavy atom. The molecular weight excluding hydrogens is 238 g/mol. The van der Waals surface area contributed by atoms with Gasteiger partial charge in [-0.25, -0.2) is 0 Å². The van der Waals surface area contributed by atoms with Gasteiger partial charge >= 0.3 is 11.9 Å². The molecule has 6 heteroatoms. The Kier molecular flexibility index (Phi) is 2.94. The molecule has 0 aromatic rings. The van der Waals surface area contributed by atoms with E-state index in [1.165, 1.54) is 0 Å². The van der Waals surface area contributed by atoms with Gasteiger partial charge in [0.2, 0.25) is 5.91 Å². The molecule has 1 heterocycles. The summed E-state index contributed by atoms with van der Waals surface area (Å²) in [5, 5.41) is 20.5. The normalized spacial score (nSPS) is 24.1. The lowest BCUT2D eigenvalue weighted by molar-refractivity contribution is -0.150. The molecular formula is C12H13NO5. The molecule has 0 bridgehead atoms. The van der Waals surface area contributed by atoms with Crippen LogP contribution in [0.5, 0.6) is 0 Å². The molecule has 0 radical (unpaired) electrons. The maximum absolute atomic E-state index is 12.0. The molecule has 96 valence electrons. The van der Waals surface area contributed by atoms with E-state index in [1.807, 2.05) is 6.08 Å². The van der Waals surface area contributed by atoms with Gasteiger partial charge in [0.15, 0.2) is 0 Å². The summed E-state index contributed by atoms with van der Waals surface area (Å²) in [6.07, 6.45) is 4.81. The summed E-state index contributed by atoms with van der Waals surface area (Å²) in [5.74, 6) is -3.22. The van der Waals surface area contributed by atoms with Crippen LogP contribution in [0.3, 0.4) is 0 Å². The number of rotatable bonds is 4. The standard InChI is InChI=1S/C12H13NO5/c14-9(15)5-12(6-10(16)17)7-3-1-2-4-8(7)13-11(12)18/h1-2,4,7H,3,5-6H2,(H,13,18)(H,14,15)(H,16,17). The van der Waals surface area contributed by atoms with Crippen LogP contribution in [0.2, 0.25) is 0 Å². The van der Waals surface area contributed by atoms with Gasteiger partial charge in [0.1, 0.15) is 0 Å². The maximum atomic E-state index is 12.0. The van der Waals surface area contributed by atoms with E-state index in [4.69, 9.17) is 10.2 Å². The number of carbonyl (C=O) groups excluding carboxylic acids is 1. The molecule has 1 aliphatic carbocycles. The number of allylic oxidation sites excluding steroid dienone is 4. The first-order chi connectivity index (χ1) is 8.45. The largest absolute Gasteiger partial charge is 0.481 e. The van der Waals surface area contributed by atoms with Gasteiger partial charge in [0, 0.05) is 11.6 Å². The summed E-state index contributed by atoms with van der Waals surface area (Å²) in [6, 6.07) is 0. The number of carboxylic acid groups (broad SMARTS) is 2. The highest BCUT2D eigenvalue weighted by Crippen LogP contribution is 2.47. The Labute approximate surface area is 103 Å². The number of aliphatic carboxylic acids is 2. The van der Waals surface area contributed by atoms with E-state index in [1.54, 1.807) is 12.2 Å². The molecule has 1 aliphatic heterocycles. The highest BCUT2D eigenvalue weighted by molar-refractivity contribution is 5.94. The zero-order valence-corrected chi connectivity index (χ0v) is 9.55. The van der Waals surface area contributed by atoms with Crippen LogP contribution >= 0.6 is 0 Å². The third-order valence-electron chi connectivity index (χ3n) is 3.47. The van der Waals surface area contributed by atoms with Gasteiger partial charge < -0.3 is 15.5 Å². The van der Waals surface area contributed by atoms with Gasteiger partial charge in [-0.3, -0.25) is 14.4 Å². The summed E-state index contributed by atoms with van der Waals surface area (Å²) in [5.41, 5.74) is -0.765. The molecule has 2 rings (SSSR count). The monoisotopic (exact) mass is 251 g/mol. The fourth-order valence-electron chi connectivity index (χ4n) is 2.70. The Hall–Kier alpha value is -2.11. The Balaban J connectivity index is 2.41. The van der Waals surface area contributed by atoms with Crippen LogP contribution in [0.15, 0.2) is 23.9 Å². The molecule has 1 saturated heterocycles. The minimum absolute atomic E-state index is 0.387. The molecule has 0 spiro atoms. The van der Waals surface area contributed by atoms with Gasteiger partial charge in [0.05, 0.1) is 18.3 Å². The zero-order chi connectivity index (χ0) is 13.3. The second-order valence-electron chi connectivity index (χ2n) is 4.59. The molecule has 1 fully saturated rings. The van der Waals surface area contributed by atoms with Crippen molar-refractivity contribution in [2.75, 3.05) is 0 Å². The summed E-state index contributed by atoms with van der Waals surface area (Å²) in [4.78, 5) is 33.9. The lowest BCUT2D eigenvalue weighted by Gasteiger charge is -2.29. The van der Waals surface area contributed by atoms with Crippen molar-refractivity contribution in [1.29, 1.82) is 0 Å².